The fourth-order valence-electron chi connectivity index (χ4n) is 2.88. The van der Waals surface area contributed by atoms with E-state index in [1.165, 1.54) is 24.0 Å². The highest BCUT2D eigenvalue weighted by Crippen LogP contribution is 2.26. The lowest BCUT2D eigenvalue weighted by Crippen LogP contribution is -2.53. The molecule has 0 saturated carbocycles. The number of fused-ring (bicyclic) bond motifs is 1. The van der Waals surface area contributed by atoms with Crippen molar-refractivity contribution in [2.75, 3.05) is 38.5 Å². The Morgan fingerprint density at radius 2 is 2.00 bits per heavy atom. The molecule has 8 nitrogen and oxygen atoms in total. The number of carbonyl (C=O) groups excluding carboxylic acids is 2. The van der Waals surface area contributed by atoms with Crippen LogP contribution in [0.2, 0.25) is 0 Å². The number of rotatable bonds is 2. The Labute approximate surface area is 143 Å². The van der Waals surface area contributed by atoms with Crippen molar-refractivity contribution in [1.29, 1.82) is 0 Å². The zero-order valence-electron chi connectivity index (χ0n) is 13.5. The molecule has 2 amide bonds. The summed E-state index contributed by atoms with van der Waals surface area (Å²) in [6.45, 7) is 4.42. The minimum atomic E-state index is -0.329. The third-order valence-electron chi connectivity index (χ3n) is 4.18. The van der Waals surface area contributed by atoms with Crippen LogP contribution in [0, 0.1) is 5.92 Å². The molecule has 2 aliphatic rings. The monoisotopic (exact) mass is 352 g/mol. The topological polar surface area (TPSA) is 84.7 Å². The van der Waals surface area contributed by atoms with Gasteiger partial charge in [0.15, 0.2) is 5.16 Å². The van der Waals surface area contributed by atoms with E-state index in [1.54, 1.807) is 21.3 Å². The van der Waals surface area contributed by atoms with Gasteiger partial charge in [0, 0.05) is 50.7 Å². The third kappa shape index (κ3) is 3.40. The van der Waals surface area contributed by atoms with Crippen LogP contribution in [0.5, 0.6) is 0 Å². The number of aromatic nitrogens is 2. The van der Waals surface area contributed by atoms with E-state index < -0.39 is 0 Å². The molecule has 1 saturated heterocycles. The van der Waals surface area contributed by atoms with E-state index in [-0.39, 0.29) is 23.5 Å². The first-order valence-electron chi connectivity index (χ1n) is 7.99. The minimum absolute atomic E-state index is 0.0346. The highest BCUT2D eigenvalue weighted by atomic mass is 32.2. The Kier molecular flexibility index (Phi) is 5.08. The molecule has 0 radical (unpaired) electrons. The zero-order chi connectivity index (χ0) is 17.1. The van der Waals surface area contributed by atoms with Crippen molar-refractivity contribution in [2.24, 2.45) is 5.92 Å². The Bertz CT molecular complexity index is 684. The smallest absolute Gasteiger partial charge is 0.409 e. The second-order valence-electron chi connectivity index (χ2n) is 5.70. The highest BCUT2D eigenvalue weighted by Gasteiger charge is 2.32. The maximum atomic E-state index is 12.7. The summed E-state index contributed by atoms with van der Waals surface area (Å²) in [5.41, 5.74) is -0.128. The number of piperazine rings is 1. The van der Waals surface area contributed by atoms with Crippen LogP contribution in [0.4, 0.5) is 4.79 Å². The number of hydrogen-bond donors (Lipinski definition) is 0. The van der Waals surface area contributed by atoms with Crippen LogP contribution in [-0.2, 0) is 16.1 Å². The maximum absolute atomic E-state index is 12.7. The maximum Gasteiger partial charge on any atom is 0.409 e. The van der Waals surface area contributed by atoms with Gasteiger partial charge in [-0.05, 0) is 6.92 Å². The molecule has 0 aromatic carbocycles. The Hall–Kier alpha value is -2.03. The van der Waals surface area contributed by atoms with Gasteiger partial charge in [-0.15, -0.1) is 0 Å². The van der Waals surface area contributed by atoms with E-state index in [9.17, 15) is 14.4 Å². The fourth-order valence-corrected chi connectivity index (χ4v) is 3.94. The van der Waals surface area contributed by atoms with Gasteiger partial charge in [-0.25, -0.2) is 9.78 Å². The van der Waals surface area contributed by atoms with Gasteiger partial charge in [-0.3, -0.25) is 14.2 Å². The fraction of sp³-hybridized carbons (Fsp3) is 0.600. The molecule has 1 aromatic rings. The standard InChI is InChI=1S/C15H20N4O4S/c1-2-23-15(22)18-7-5-17(6-8-18)13(21)11-9-19-12(20)3-4-16-14(19)24-10-11/h3-4,11H,2,5-10H2,1H3/t11-/m1/s1. The quantitative estimate of drug-likeness (QED) is 0.710. The van der Waals surface area contributed by atoms with E-state index in [0.717, 1.165) is 0 Å². The lowest BCUT2D eigenvalue weighted by Gasteiger charge is -2.36. The van der Waals surface area contributed by atoms with Crippen LogP contribution in [0.25, 0.3) is 0 Å². The first-order valence-corrected chi connectivity index (χ1v) is 8.98. The summed E-state index contributed by atoms with van der Waals surface area (Å²) >= 11 is 1.44. The van der Waals surface area contributed by atoms with E-state index in [2.05, 4.69) is 4.98 Å². The van der Waals surface area contributed by atoms with Crippen LogP contribution < -0.4 is 5.56 Å². The van der Waals surface area contributed by atoms with Crippen LogP contribution in [-0.4, -0.2) is 69.9 Å². The van der Waals surface area contributed by atoms with Gasteiger partial charge in [0.05, 0.1) is 12.5 Å². The second kappa shape index (κ2) is 7.25. The molecule has 1 fully saturated rings. The SMILES string of the molecule is CCOC(=O)N1CCN(C(=O)[C@H]2CSc3nccc(=O)n3C2)CC1. The normalized spacial score (nSPS) is 20.5. The molecule has 24 heavy (non-hydrogen) atoms. The summed E-state index contributed by atoms with van der Waals surface area (Å²) in [7, 11) is 0. The molecular weight excluding hydrogens is 332 g/mol. The lowest BCUT2D eigenvalue weighted by molar-refractivity contribution is -0.137. The van der Waals surface area contributed by atoms with Gasteiger partial charge in [0.1, 0.15) is 0 Å². The van der Waals surface area contributed by atoms with Crippen molar-refractivity contribution in [3.8, 4) is 0 Å². The van der Waals surface area contributed by atoms with Gasteiger partial charge in [0.2, 0.25) is 5.91 Å². The molecule has 0 aliphatic carbocycles. The largest absolute Gasteiger partial charge is 0.450 e. The summed E-state index contributed by atoms with van der Waals surface area (Å²) in [5, 5.41) is 0.665. The van der Waals surface area contributed by atoms with Crippen molar-refractivity contribution >= 4 is 23.8 Å². The predicted molar refractivity (Wildman–Crippen MR) is 87.9 cm³/mol. The number of thioether (sulfide) groups is 1. The predicted octanol–water partition coefficient (Wildman–Crippen LogP) is 0.266. The molecule has 2 aliphatic heterocycles. The molecule has 1 aromatic heterocycles. The summed E-state index contributed by atoms with van der Waals surface area (Å²) in [6, 6.07) is 1.41. The molecule has 0 unspecified atom stereocenters. The summed E-state index contributed by atoms with van der Waals surface area (Å²) in [5.74, 6) is 0.416. The summed E-state index contributed by atoms with van der Waals surface area (Å²) in [6.07, 6.45) is 1.17. The van der Waals surface area contributed by atoms with Crippen LogP contribution in [0.15, 0.2) is 22.2 Å². The minimum Gasteiger partial charge on any atom is -0.450 e. The Balaban J connectivity index is 1.60. The van der Waals surface area contributed by atoms with Crippen LogP contribution >= 0.6 is 11.8 Å². The number of nitrogens with zero attached hydrogens (tertiary/aromatic N) is 4. The molecule has 0 spiro atoms. The first-order chi connectivity index (χ1) is 11.6. The molecule has 0 N–H and O–H groups in total. The molecular formula is C15H20N4O4S. The Morgan fingerprint density at radius 3 is 2.71 bits per heavy atom. The molecule has 1 atom stereocenters. The number of carbonyl (C=O) groups is 2. The van der Waals surface area contributed by atoms with Gasteiger partial charge < -0.3 is 14.5 Å². The molecule has 3 rings (SSSR count). The molecule has 3 heterocycles. The van der Waals surface area contributed by atoms with Gasteiger partial charge in [-0.1, -0.05) is 11.8 Å². The van der Waals surface area contributed by atoms with Gasteiger partial charge in [0.25, 0.3) is 5.56 Å². The number of ether oxygens (including phenoxy) is 1. The average Bonchev–Trinajstić information content (AvgIpc) is 2.61. The molecule has 130 valence electrons. The highest BCUT2D eigenvalue weighted by molar-refractivity contribution is 7.99. The van der Waals surface area contributed by atoms with Crippen molar-refractivity contribution in [1.82, 2.24) is 19.4 Å². The van der Waals surface area contributed by atoms with Crippen LogP contribution in [0.1, 0.15) is 6.92 Å². The van der Waals surface area contributed by atoms with E-state index in [0.29, 0.717) is 50.2 Å². The number of hydrogen-bond acceptors (Lipinski definition) is 6. The van der Waals surface area contributed by atoms with Gasteiger partial charge in [-0.2, -0.15) is 0 Å². The van der Waals surface area contributed by atoms with Crippen molar-refractivity contribution in [3.63, 3.8) is 0 Å². The summed E-state index contributed by atoms with van der Waals surface area (Å²) in [4.78, 5) is 43.9. The molecule has 9 heteroatoms. The van der Waals surface area contributed by atoms with Crippen molar-refractivity contribution in [3.05, 3.63) is 22.6 Å². The first kappa shape index (κ1) is 16.8. The third-order valence-corrected chi connectivity index (χ3v) is 5.34. The zero-order valence-corrected chi connectivity index (χ0v) is 14.3. The van der Waals surface area contributed by atoms with Crippen molar-refractivity contribution < 1.29 is 14.3 Å². The lowest BCUT2D eigenvalue weighted by atomic mass is 10.1. The Morgan fingerprint density at radius 1 is 1.29 bits per heavy atom. The van der Waals surface area contributed by atoms with E-state index >= 15 is 0 Å². The van der Waals surface area contributed by atoms with Crippen LogP contribution in [0.3, 0.4) is 0 Å². The average molecular weight is 352 g/mol. The van der Waals surface area contributed by atoms with E-state index in [4.69, 9.17) is 4.74 Å². The van der Waals surface area contributed by atoms with E-state index in [1.807, 2.05) is 0 Å². The molecule has 0 bridgehead atoms. The summed E-state index contributed by atoms with van der Waals surface area (Å²) < 4.78 is 6.54. The number of amides is 2. The van der Waals surface area contributed by atoms with Gasteiger partial charge >= 0.3 is 6.09 Å². The van der Waals surface area contributed by atoms with Crippen molar-refractivity contribution in [2.45, 2.75) is 18.6 Å². The second-order valence-corrected chi connectivity index (χ2v) is 6.68.